The smallest absolute Gasteiger partial charge is 0.261 e. The number of hydrogen-bond acceptors (Lipinski definition) is 6. The third-order valence-corrected chi connectivity index (χ3v) is 12.4. The van der Waals surface area contributed by atoms with E-state index in [0.717, 1.165) is 36.7 Å². The highest BCUT2D eigenvalue weighted by Crippen LogP contribution is 2.48. The number of anilines is 3. The third kappa shape index (κ3) is 5.84. The molecule has 4 aromatic rings. The molecule has 54 heavy (non-hydrogen) atoms. The summed E-state index contributed by atoms with van der Waals surface area (Å²) >= 11 is 0. The lowest BCUT2D eigenvalue weighted by Crippen LogP contribution is -2.58. The van der Waals surface area contributed by atoms with E-state index >= 15 is 8.78 Å². The number of piperidine rings is 1. The molecule has 1 atom stereocenters. The number of nitrogens with one attached hydrogen (secondary N) is 2. The summed E-state index contributed by atoms with van der Waals surface area (Å²) in [6.07, 6.45) is 4.58. The summed E-state index contributed by atoms with van der Waals surface area (Å²) < 4.78 is 60.3. The number of amides is 2. The number of aromatic nitrogens is 3. The van der Waals surface area contributed by atoms with Gasteiger partial charge in [-0.2, -0.15) is 0 Å². The van der Waals surface area contributed by atoms with Crippen LogP contribution in [-0.4, -0.2) is 67.9 Å². The van der Waals surface area contributed by atoms with Crippen LogP contribution in [0.25, 0.3) is 22.3 Å². The van der Waals surface area contributed by atoms with E-state index < -0.39 is 34.9 Å². The number of halogens is 4. The molecule has 4 aliphatic rings. The fraction of sp³-hybridized carbons (Fsp3) is 0.512. The zero-order valence-electron chi connectivity index (χ0n) is 31.6. The molecule has 0 unspecified atom stereocenters. The topological polar surface area (TPSA) is 95.4 Å². The number of fused-ring (bicyclic) bond motifs is 2. The molecule has 0 spiro atoms. The summed E-state index contributed by atoms with van der Waals surface area (Å²) in [5, 5.41) is 5.29. The van der Waals surface area contributed by atoms with Gasteiger partial charge in [0.1, 0.15) is 11.1 Å². The Morgan fingerprint density at radius 3 is 2.43 bits per heavy atom. The number of benzene rings is 2. The minimum Gasteiger partial charge on any atom is -0.341 e. The van der Waals surface area contributed by atoms with Crippen molar-refractivity contribution in [1.29, 1.82) is 0 Å². The molecule has 2 aromatic heterocycles. The van der Waals surface area contributed by atoms with Crippen molar-refractivity contribution in [2.45, 2.75) is 128 Å². The second-order valence-electron chi connectivity index (χ2n) is 16.6. The minimum atomic E-state index is -2.79. The molecule has 3 fully saturated rings. The van der Waals surface area contributed by atoms with E-state index in [1.165, 1.54) is 26.2 Å². The molecule has 4 heterocycles. The van der Waals surface area contributed by atoms with Crippen LogP contribution < -0.4 is 15.5 Å². The maximum atomic E-state index is 15.7. The van der Waals surface area contributed by atoms with Crippen molar-refractivity contribution in [3.8, 4) is 11.3 Å². The van der Waals surface area contributed by atoms with E-state index in [-0.39, 0.29) is 53.5 Å². The summed E-state index contributed by atoms with van der Waals surface area (Å²) in [4.78, 5) is 41.4. The Kier molecular flexibility index (Phi) is 8.82. The molecule has 2 aromatic carbocycles. The minimum absolute atomic E-state index is 0.0732. The van der Waals surface area contributed by atoms with E-state index in [0.29, 0.717) is 34.4 Å². The molecule has 8 rings (SSSR count). The lowest BCUT2D eigenvalue weighted by Gasteiger charge is -2.50. The van der Waals surface area contributed by atoms with E-state index in [1.54, 1.807) is 6.33 Å². The molecule has 13 heteroatoms. The van der Waals surface area contributed by atoms with Gasteiger partial charge in [-0.3, -0.25) is 14.5 Å². The predicted molar refractivity (Wildman–Crippen MR) is 201 cm³/mol. The van der Waals surface area contributed by atoms with Crippen LogP contribution in [0.2, 0.25) is 0 Å². The van der Waals surface area contributed by atoms with Gasteiger partial charge in [0.15, 0.2) is 17.5 Å². The standard InChI is InChI=1S/C41H47F4N7O2/c1-21(2)51-20-46-31-19-29(47-36(35(31)51)48-30-18-27(23(4)33(42)34(30)43)37(53)49-41(12-13-41)38(44)45)24-10-11-28-32(15-24)52(39(54)40(28,5)6)26-16-25(17-26)50-14-8-7-9-22(50)3/h10-11,15,18-22,25-26,38H,7-9,12-14,16-17H2,1-6H3,(H,47,48)(H,49,53)/t22-,25?,26?/m0/s1. The molecule has 0 radical (unpaired) electrons. The number of hydrogen-bond donors (Lipinski definition) is 2. The fourth-order valence-corrected chi connectivity index (χ4v) is 8.69. The van der Waals surface area contributed by atoms with E-state index in [9.17, 15) is 18.4 Å². The maximum Gasteiger partial charge on any atom is 0.261 e. The molecule has 2 amide bonds. The highest BCUT2D eigenvalue weighted by Gasteiger charge is 2.53. The van der Waals surface area contributed by atoms with Crippen LogP contribution in [0.15, 0.2) is 36.7 Å². The van der Waals surface area contributed by atoms with Crippen molar-refractivity contribution in [2.75, 3.05) is 16.8 Å². The zero-order chi connectivity index (χ0) is 38.4. The average Bonchev–Trinajstić information content (AvgIpc) is 3.72. The van der Waals surface area contributed by atoms with Crippen LogP contribution >= 0.6 is 0 Å². The largest absolute Gasteiger partial charge is 0.341 e. The van der Waals surface area contributed by atoms with Crippen molar-refractivity contribution < 1.29 is 27.2 Å². The van der Waals surface area contributed by atoms with Gasteiger partial charge in [-0.15, -0.1) is 0 Å². The molecular weight excluding hydrogens is 698 g/mol. The number of carbonyl (C=O) groups excluding carboxylic acids is 2. The Morgan fingerprint density at radius 2 is 1.76 bits per heavy atom. The third-order valence-electron chi connectivity index (χ3n) is 12.4. The van der Waals surface area contributed by atoms with Crippen molar-refractivity contribution in [1.82, 2.24) is 24.8 Å². The van der Waals surface area contributed by atoms with Crippen molar-refractivity contribution in [3.63, 3.8) is 0 Å². The second kappa shape index (κ2) is 13.1. The second-order valence-corrected chi connectivity index (χ2v) is 16.6. The van der Waals surface area contributed by atoms with Gasteiger partial charge >= 0.3 is 0 Å². The summed E-state index contributed by atoms with van der Waals surface area (Å²) in [6.45, 7) is 12.5. The van der Waals surface area contributed by atoms with Crippen molar-refractivity contribution >= 4 is 40.0 Å². The lowest BCUT2D eigenvalue weighted by molar-refractivity contribution is -0.123. The zero-order valence-corrected chi connectivity index (χ0v) is 31.6. The van der Waals surface area contributed by atoms with Gasteiger partial charge in [0, 0.05) is 46.5 Å². The van der Waals surface area contributed by atoms with Crippen LogP contribution in [0.5, 0.6) is 0 Å². The first-order chi connectivity index (χ1) is 25.6. The lowest BCUT2D eigenvalue weighted by atomic mass is 9.81. The Bertz CT molecular complexity index is 2170. The van der Waals surface area contributed by atoms with Crippen molar-refractivity contribution in [2.24, 2.45) is 0 Å². The SMILES string of the molecule is Cc1c(C(=O)NC2(C(F)F)CC2)cc(Nc2nc(-c3ccc4c(c3)N(C3CC(N5CCCC[C@@H]5C)C3)C(=O)C4(C)C)cc3ncn(C(C)C)c23)c(F)c1F. The number of alkyl halides is 2. The molecule has 2 aliphatic carbocycles. The quantitative estimate of drug-likeness (QED) is 0.167. The number of rotatable bonds is 9. The Hall–Kier alpha value is -4.52. The first-order valence-electron chi connectivity index (χ1n) is 19.1. The Morgan fingerprint density at radius 1 is 1.02 bits per heavy atom. The van der Waals surface area contributed by atoms with Crippen LogP contribution in [0.4, 0.5) is 34.8 Å². The number of likely N-dealkylation sites (tertiary alicyclic amines) is 1. The van der Waals surface area contributed by atoms with Gasteiger partial charge in [0.25, 0.3) is 12.3 Å². The fourth-order valence-electron chi connectivity index (χ4n) is 8.69. The van der Waals surface area contributed by atoms with Crippen LogP contribution in [0, 0.1) is 18.6 Å². The summed E-state index contributed by atoms with van der Waals surface area (Å²) in [7, 11) is 0. The number of nitrogens with zero attached hydrogens (tertiary/aromatic N) is 5. The first kappa shape index (κ1) is 36.5. The number of carbonyl (C=O) groups is 2. The molecule has 0 bridgehead atoms. The van der Waals surface area contributed by atoms with Gasteiger partial charge < -0.3 is 20.1 Å². The number of imidazole rings is 1. The highest BCUT2D eigenvalue weighted by atomic mass is 19.3. The molecular formula is C41H47F4N7O2. The van der Waals surface area contributed by atoms with E-state index in [1.807, 2.05) is 61.4 Å². The van der Waals surface area contributed by atoms with Crippen LogP contribution in [-0.2, 0) is 10.2 Å². The number of pyridine rings is 1. The summed E-state index contributed by atoms with van der Waals surface area (Å²) in [5.41, 5.74) is 0.782. The molecule has 9 nitrogen and oxygen atoms in total. The summed E-state index contributed by atoms with van der Waals surface area (Å²) in [5.74, 6) is -3.17. The predicted octanol–water partition coefficient (Wildman–Crippen LogP) is 8.57. The van der Waals surface area contributed by atoms with Gasteiger partial charge in [-0.05, 0) is 110 Å². The molecule has 2 saturated carbocycles. The van der Waals surface area contributed by atoms with Gasteiger partial charge in [0.05, 0.1) is 28.6 Å². The molecule has 1 saturated heterocycles. The molecule has 2 N–H and O–H groups in total. The Labute approximate surface area is 312 Å². The first-order valence-corrected chi connectivity index (χ1v) is 19.1. The van der Waals surface area contributed by atoms with Crippen LogP contribution in [0.1, 0.15) is 107 Å². The van der Waals surface area contributed by atoms with E-state index in [2.05, 4.69) is 27.4 Å². The van der Waals surface area contributed by atoms with Crippen molar-refractivity contribution in [3.05, 3.63) is 65.0 Å². The van der Waals surface area contributed by atoms with Gasteiger partial charge in [-0.1, -0.05) is 18.6 Å². The van der Waals surface area contributed by atoms with Gasteiger partial charge in [0.2, 0.25) is 5.91 Å². The van der Waals surface area contributed by atoms with Gasteiger partial charge in [-0.25, -0.2) is 27.5 Å². The molecule has 286 valence electrons. The summed E-state index contributed by atoms with van der Waals surface area (Å²) in [6, 6.07) is 9.86. The van der Waals surface area contributed by atoms with E-state index in [4.69, 9.17) is 4.98 Å². The highest BCUT2D eigenvalue weighted by molar-refractivity contribution is 6.09. The average molecular weight is 746 g/mol. The Balaban J connectivity index is 1.16. The normalized spacial score (nSPS) is 23.2. The molecule has 2 aliphatic heterocycles. The monoisotopic (exact) mass is 745 g/mol. The maximum absolute atomic E-state index is 15.7. The van der Waals surface area contributed by atoms with Crippen LogP contribution in [0.3, 0.4) is 0 Å².